The second-order valence-electron chi connectivity index (χ2n) is 8.28. The largest absolute Gasteiger partial charge is 0.381 e. The maximum Gasteiger partial charge on any atom is 0.0847 e. The van der Waals surface area contributed by atoms with Gasteiger partial charge in [-0.3, -0.25) is 10.00 Å². The van der Waals surface area contributed by atoms with Crippen molar-refractivity contribution in [2.75, 3.05) is 20.8 Å². The van der Waals surface area contributed by atoms with E-state index in [1.807, 2.05) is 14.2 Å². The Kier molecular flexibility index (Phi) is 5.16. The normalized spacial score (nSPS) is 34.3. The Labute approximate surface area is 151 Å². The summed E-state index contributed by atoms with van der Waals surface area (Å²) in [6, 6.07) is 0.463. The van der Waals surface area contributed by atoms with Crippen LogP contribution in [0.15, 0.2) is 6.20 Å². The molecule has 1 saturated heterocycles. The molecule has 140 valence electrons. The Hall–Kier alpha value is -0.910. The Morgan fingerprint density at radius 3 is 2.80 bits per heavy atom. The zero-order chi connectivity index (χ0) is 17.3. The summed E-state index contributed by atoms with van der Waals surface area (Å²) in [7, 11) is 3.75. The van der Waals surface area contributed by atoms with E-state index in [4.69, 9.17) is 9.47 Å². The van der Waals surface area contributed by atoms with Gasteiger partial charge < -0.3 is 9.47 Å². The number of fused-ring (bicyclic) bond motifs is 1. The summed E-state index contributed by atoms with van der Waals surface area (Å²) in [4.78, 5) is 2.63. The molecule has 1 aliphatic heterocycles. The molecule has 1 N–H and O–H groups in total. The maximum atomic E-state index is 6.07. The topological polar surface area (TPSA) is 50.4 Å². The van der Waals surface area contributed by atoms with Crippen molar-refractivity contribution in [3.8, 4) is 0 Å². The van der Waals surface area contributed by atoms with E-state index in [2.05, 4.69) is 21.3 Å². The quantitative estimate of drug-likeness (QED) is 0.884. The molecule has 5 heteroatoms. The van der Waals surface area contributed by atoms with Crippen LogP contribution >= 0.6 is 0 Å². The smallest absolute Gasteiger partial charge is 0.0847 e. The van der Waals surface area contributed by atoms with Gasteiger partial charge in [0.25, 0.3) is 0 Å². The number of aromatic amines is 1. The van der Waals surface area contributed by atoms with Gasteiger partial charge in [0.05, 0.1) is 17.9 Å². The van der Waals surface area contributed by atoms with Crippen molar-refractivity contribution in [2.45, 2.75) is 88.0 Å². The molecule has 3 atom stereocenters. The molecule has 0 aromatic carbocycles. The lowest BCUT2D eigenvalue weighted by molar-refractivity contribution is -0.0947. The summed E-state index contributed by atoms with van der Waals surface area (Å²) in [5, 5.41) is 7.74. The number of rotatable bonds is 5. The molecular weight excluding hydrogens is 314 g/mol. The summed E-state index contributed by atoms with van der Waals surface area (Å²) < 4.78 is 11.8. The monoisotopic (exact) mass is 347 g/mol. The van der Waals surface area contributed by atoms with Crippen molar-refractivity contribution >= 4 is 0 Å². The zero-order valence-corrected chi connectivity index (χ0v) is 15.8. The molecular formula is C20H33N3O2. The third-order valence-electron chi connectivity index (χ3n) is 7.12. The van der Waals surface area contributed by atoms with E-state index in [1.54, 1.807) is 0 Å². The molecule has 3 fully saturated rings. The first-order valence-electron chi connectivity index (χ1n) is 10.1. The number of H-pyrrole nitrogens is 1. The lowest BCUT2D eigenvalue weighted by Crippen LogP contribution is -2.51. The Morgan fingerprint density at radius 2 is 2.04 bits per heavy atom. The van der Waals surface area contributed by atoms with Crippen LogP contribution in [0.1, 0.15) is 75.0 Å². The molecule has 4 rings (SSSR count). The Balaban J connectivity index is 1.50. The number of nitrogens with one attached hydrogen (secondary N) is 1. The Morgan fingerprint density at radius 1 is 1.20 bits per heavy atom. The molecule has 0 bridgehead atoms. The van der Waals surface area contributed by atoms with Gasteiger partial charge in [-0.15, -0.1) is 0 Å². The standard InChI is InChI=1S/C20H33N3O2/c1-24-17-8-9-20(25-2)10-11-23(18(20)12-17)14-16-13-21-22-19(16)15-6-4-3-5-7-15/h13,15,17-18H,3-12,14H2,1-2H3,(H,21,22)/t17-,18+,20-/m0/s1. The van der Waals surface area contributed by atoms with Crippen molar-refractivity contribution in [3.63, 3.8) is 0 Å². The molecule has 1 aromatic heterocycles. The number of nitrogens with zero attached hydrogens (tertiary/aromatic N) is 2. The number of methoxy groups -OCH3 is 2. The average Bonchev–Trinajstić information content (AvgIpc) is 3.28. The predicted molar refractivity (Wildman–Crippen MR) is 97.6 cm³/mol. The first-order chi connectivity index (χ1) is 12.3. The molecule has 1 aromatic rings. The van der Waals surface area contributed by atoms with Crippen LogP contribution in [0, 0.1) is 0 Å². The van der Waals surface area contributed by atoms with Gasteiger partial charge >= 0.3 is 0 Å². The fraction of sp³-hybridized carbons (Fsp3) is 0.850. The van der Waals surface area contributed by atoms with E-state index in [9.17, 15) is 0 Å². The molecule has 0 radical (unpaired) electrons. The van der Waals surface area contributed by atoms with Crippen molar-refractivity contribution in [1.29, 1.82) is 0 Å². The molecule has 2 saturated carbocycles. The molecule has 3 aliphatic rings. The Bertz CT molecular complexity index is 569. The summed E-state index contributed by atoms with van der Waals surface area (Å²) in [6.07, 6.45) is 13.6. The van der Waals surface area contributed by atoms with E-state index in [1.165, 1.54) is 43.4 Å². The highest BCUT2D eigenvalue weighted by Crippen LogP contribution is 2.44. The second kappa shape index (κ2) is 7.37. The zero-order valence-electron chi connectivity index (χ0n) is 15.8. The van der Waals surface area contributed by atoms with Crippen molar-refractivity contribution in [1.82, 2.24) is 15.1 Å². The highest BCUT2D eigenvalue weighted by molar-refractivity contribution is 5.22. The number of hydrogen-bond donors (Lipinski definition) is 1. The van der Waals surface area contributed by atoms with Crippen LogP contribution in [0.4, 0.5) is 0 Å². The van der Waals surface area contributed by atoms with Crippen LogP contribution in [0.5, 0.6) is 0 Å². The minimum absolute atomic E-state index is 0.0315. The van der Waals surface area contributed by atoms with E-state index in [-0.39, 0.29) is 5.60 Å². The summed E-state index contributed by atoms with van der Waals surface area (Å²) >= 11 is 0. The molecule has 0 spiro atoms. The van der Waals surface area contributed by atoms with Crippen LogP contribution in [-0.2, 0) is 16.0 Å². The van der Waals surface area contributed by atoms with E-state index in [0.717, 1.165) is 38.8 Å². The second-order valence-corrected chi connectivity index (χ2v) is 8.28. The third kappa shape index (κ3) is 3.26. The van der Waals surface area contributed by atoms with Gasteiger partial charge in [0, 0.05) is 50.5 Å². The van der Waals surface area contributed by atoms with Crippen molar-refractivity contribution in [2.24, 2.45) is 0 Å². The van der Waals surface area contributed by atoms with E-state index in [0.29, 0.717) is 18.1 Å². The highest BCUT2D eigenvalue weighted by atomic mass is 16.5. The maximum absolute atomic E-state index is 6.07. The van der Waals surface area contributed by atoms with Gasteiger partial charge in [-0.25, -0.2) is 0 Å². The molecule has 25 heavy (non-hydrogen) atoms. The van der Waals surface area contributed by atoms with Gasteiger partial charge in [0.15, 0.2) is 0 Å². The fourth-order valence-corrected chi connectivity index (χ4v) is 5.57. The number of aromatic nitrogens is 2. The predicted octanol–water partition coefficient (Wildman–Crippen LogP) is 3.62. The number of likely N-dealkylation sites (tertiary alicyclic amines) is 1. The van der Waals surface area contributed by atoms with Gasteiger partial charge in [-0.05, 0) is 38.5 Å². The first-order valence-corrected chi connectivity index (χ1v) is 10.1. The van der Waals surface area contributed by atoms with Gasteiger partial charge in [-0.1, -0.05) is 19.3 Å². The van der Waals surface area contributed by atoms with Gasteiger partial charge in [0.1, 0.15) is 0 Å². The SMILES string of the molecule is CO[C@H]1CC[C@]2(OC)CCN(Cc3cn[nH]c3C3CCCCC3)[C@@H]2C1. The van der Waals surface area contributed by atoms with Crippen LogP contribution in [0.3, 0.4) is 0 Å². The molecule has 2 aliphatic carbocycles. The van der Waals surface area contributed by atoms with Gasteiger partial charge in [-0.2, -0.15) is 5.10 Å². The minimum atomic E-state index is 0.0315. The fourth-order valence-electron chi connectivity index (χ4n) is 5.57. The van der Waals surface area contributed by atoms with Gasteiger partial charge in [0.2, 0.25) is 0 Å². The highest BCUT2D eigenvalue weighted by Gasteiger charge is 2.51. The van der Waals surface area contributed by atoms with Crippen LogP contribution < -0.4 is 0 Å². The van der Waals surface area contributed by atoms with Crippen molar-refractivity contribution in [3.05, 3.63) is 17.5 Å². The summed E-state index contributed by atoms with van der Waals surface area (Å²) in [5.74, 6) is 0.680. The molecule has 2 heterocycles. The molecule has 5 nitrogen and oxygen atoms in total. The third-order valence-corrected chi connectivity index (χ3v) is 7.12. The first kappa shape index (κ1) is 17.5. The van der Waals surface area contributed by atoms with E-state index < -0.39 is 0 Å². The summed E-state index contributed by atoms with van der Waals surface area (Å²) in [5.41, 5.74) is 2.83. The average molecular weight is 348 g/mol. The van der Waals surface area contributed by atoms with Crippen LogP contribution in [0.2, 0.25) is 0 Å². The number of hydrogen-bond acceptors (Lipinski definition) is 4. The van der Waals surface area contributed by atoms with Crippen LogP contribution in [-0.4, -0.2) is 53.6 Å². The molecule has 0 unspecified atom stereocenters. The number of ether oxygens (including phenoxy) is 2. The lowest BCUT2D eigenvalue weighted by Gasteiger charge is -2.43. The molecule has 0 amide bonds. The summed E-state index contributed by atoms with van der Waals surface area (Å²) in [6.45, 7) is 2.11. The van der Waals surface area contributed by atoms with E-state index >= 15 is 0 Å². The van der Waals surface area contributed by atoms with Crippen LogP contribution in [0.25, 0.3) is 0 Å². The lowest BCUT2D eigenvalue weighted by atomic mass is 9.79. The minimum Gasteiger partial charge on any atom is -0.381 e. The van der Waals surface area contributed by atoms with Crippen molar-refractivity contribution < 1.29 is 9.47 Å².